The molecule has 0 saturated carbocycles. The molecule has 0 aliphatic rings. The van der Waals surface area contributed by atoms with E-state index >= 15 is 0 Å². The Kier molecular flexibility index (Phi) is 3.18. The van der Waals surface area contributed by atoms with Crippen LogP contribution >= 0.6 is 22.6 Å². The van der Waals surface area contributed by atoms with Crippen LogP contribution in [0, 0.1) is 8.99 Å². The summed E-state index contributed by atoms with van der Waals surface area (Å²) >= 11 is 1.77. The monoisotopic (exact) mass is 308 g/mol. The molecule has 0 fully saturated rings. The Balaban J connectivity index is 3.08. The fourth-order valence-electron chi connectivity index (χ4n) is 1.08. The Hall–Kier alpha value is -0.590. The van der Waals surface area contributed by atoms with Crippen molar-refractivity contribution in [3.05, 3.63) is 19.7 Å². The third-order valence-electron chi connectivity index (χ3n) is 1.59. The van der Waals surface area contributed by atoms with Crippen LogP contribution in [0.5, 0.6) is 5.88 Å². The smallest absolute Gasteiger partial charge is 0.268 e. The van der Waals surface area contributed by atoms with Gasteiger partial charge in [-0.25, -0.2) is 0 Å². The van der Waals surface area contributed by atoms with E-state index in [-0.39, 0.29) is 20.4 Å². The molecule has 2 N–H and O–H groups in total. The first-order chi connectivity index (χ1) is 6.29. The molecule has 1 aromatic heterocycles. The molecule has 0 amide bonds. The van der Waals surface area contributed by atoms with Gasteiger partial charge in [0.1, 0.15) is 9.39 Å². The lowest BCUT2D eigenvalue weighted by Crippen LogP contribution is -2.19. The molecule has 0 spiro atoms. The highest BCUT2D eigenvalue weighted by molar-refractivity contribution is 14.1. The van der Waals surface area contributed by atoms with Gasteiger partial charge in [0.25, 0.3) is 5.56 Å². The summed E-state index contributed by atoms with van der Waals surface area (Å²) in [7, 11) is 0. The van der Waals surface area contributed by atoms with Crippen molar-refractivity contribution in [1.82, 2.24) is 9.97 Å². The SMILES string of the molecule is CC(C)(C)Cc1nc(O)c(I)c(=O)[nH]1. The maximum atomic E-state index is 11.3. The van der Waals surface area contributed by atoms with Gasteiger partial charge in [0.15, 0.2) is 0 Å². The van der Waals surface area contributed by atoms with E-state index in [1.54, 1.807) is 22.6 Å². The highest BCUT2D eigenvalue weighted by Gasteiger charge is 2.15. The van der Waals surface area contributed by atoms with E-state index in [2.05, 4.69) is 9.97 Å². The molecule has 1 aromatic rings. The maximum Gasteiger partial charge on any atom is 0.268 e. The summed E-state index contributed by atoms with van der Waals surface area (Å²) < 4.78 is 0.236. The second kappa shape index (κ2) is 3.88. The van der Waals surface area contributed by atoms with Crippen molar-refractivity contribution in [3.8, 4) is 5.88 Å². The highest BCUT2D eigenvalue weighted by Crippen LogP contribution is 2.19. The van der Waals surface area contributed by atoms with Crippen LogP contribution in [-0.2, 0) is 6.42 Å². The Labute approximate surface area is 95.9 Å². The zero-order valence-electron chi connectivity index (χ0n) is 8.39. The van der Waals surface area contributed by atoms with E-state index in [4.69, 9.17) is 0 Å². The minimum Gasteiger partial charge on any atom is -0.492 e. The van der Waals surface area contributed by atoms with Gasteiger partial charge in [0.05, 0.1) is 0 Å². The quantitative estimate of drug-likeness (QED) is 0.776. The molecule has 78 valence electrons. The normalized spacial score (nSPS) is 11.7. The zero-order valence-corrected chi connectivity index (χ0v) is 10.5. The number of nitrogens with one attached hydrogen (secondary N) is 1. The molecular weight excluding hydrogens is 295 g/mol. The molecule has 0 saturated heterocycles. The predicted octanol–water partition coefficient (Wildman–Crippen LogP) is 1.67. The summed E-state index contributed by atoms with van der Waals surface area (Å²) in [4.78, 5) is 17.8. The minimum absolute atomic E-state index is 0.0369. The average molecular weight is 308 g/mol. The third kappa shape index (κ3) is 2.97. The molecule has 14 heavy (non-hydrogen) atoms. The zero-order chi connectivity index (χ0) is 10.9. The number of aromatic hydroxyl groups is 1. The number of nitrogens with zero attached hydrogens (tertiary/aromatic N) is 1. The first kappa shape index (κ1) is 11.5. The van der Waals surface area contributed by atoms with Gasteiger partial charge in [-0.05, 0) is 28.0 Å². The molecule has 0 atom stereocenters. The van der Waals surface area contributed by atoms with Crippen LogP contribution in [0.1, 0.15) is 26.6 Å². The van der Waals surface area contributed by atoms with Crippen molar-refractivity contribution in [3.63, 3.8) is 0 Å². The minimum atomic E-state index is -0.280. The van der Waals surface area contributed by atoms with E-state index in [0.29, 0.717) is 12.2 Å². The number of aromatic amines is 1. The van der Waals surface area contributed by atoms with Gasteiger partial charge in [-0.15, -0.1) is 0 Å². The van der Waals surface area contributed by atoms with Crippen LogP contribution in [0.3, 0.4) is 0 Å². The molecule has 4 nitrogen and oxygen atoms in total. The second-order valence-corrected chi connectivity index (χ2v) is 5.47. The fourth-order valence-corrected chi connectivity index (χ4v) is 1.33. The number of halogens is 1. The lowest BCUT2D eigenvalue weighted by Gasteiger charge is -2.16. The largest absolute Gasteiger partial charge is 0.492 e. The van der Waals surface area contributed by atoms with E-state index in [1.165, 1.54) is 0 Å². The van der Waals surface area contributed by atoms with Crippen LogP contribution in [0.25, 0.3) is 0 Å². The standard InChI is InChI=1S/C9H13IN2O2/c1-9(2,3)4-5-11-7(13)6(10)8(14)12-5/h4H2,1-3H3,(H2,11,12,13,14). The van der Waals surface area contributed by atoms with E-state index in [1.807, 2.05) is 20.8 Å². The van der Waals surface area contributed by atoms with Crippen molar-refractivity contribution in [2.45, 2.75) is 27.2 Å². The van der Waals surface area contributed by atoms with Gasteiger partial charge < -0.3 is 10.1 Å². The Morgan fingerprint density at radius 3 is 2.50 bits per heavy atom. The molecule has 0 radical (unpaired) electrons. The molecule has 1 heterocycles. The number of H-pyrrole nitrogens is 1. The first-order valence-electron chi connectivity index (χ1n) is 4.27. The number of hydrogen-bond donors (Lipinski definition) is 2. The summed E-state index contributed by atoms with van der Waals surface area (Å²) in [5, 5.41) is 9.34. The predicted molar refractivity (Wildman–Crippen MR) is 62.4 cm³/mol. The van der Waals surface area contributed by atoms with Crippen molar-refractivity contribution in [1.29, 1.82) is 0 Å². The molecule has 0 bridgehead atoms. The maximum absolute atomic E-state index is 11.3. The second-order valence-electron chi connectivity index (χ2n) is 4.39. The van der Waals surface area contributed by atoms with Gasteiger partial charge >= 0.3 is 0 Å². The van der Waals surface area contributed by atoms with Crippen LogP contribution in [0.15, 0.2) is 4.79 Å². The summed E-state index contributed by atoms with van der Waals surface area (Å²) in [5.41, 5.74) is -0.243. The van der Waals surface area contributed by atoms with Gasteiger partial charge in [0, 0.05) is 6.42 Å². The van der Waals surface area contributed by atoms with Crippen LogP contribution in [0.4, 0.5) is 0 Å². The van der Waals surface area contributed by atoms with Gasteiger partial charge in [-0.1, -0.05) is 20.8 Å². The van der Waals surface area contributed by atoms with Gasteiger partial charge in [-0.3, -0.25) is 4.79 Å². The van der Waals surface area contributed by atoms with Crippen molar-refractivity contribution >= 4 is 22.6 Å². The summed E-state index contributed by atoms with van der Waals surface area (Å²) in [6.07, 6.45) is 0.632. The van der Waals surface area contributed by atoms with Gasteiger partial charge in [0.2, 0.25) is 5.88 Å². The topological polar surface area (TPSA) is 66.0 Å². The molecule has 0 aliphatic carbocycles. The fraction of sp³-hybridized carbons (Fsp3) is 0.556. The van der Waals surface area contributed by atoms with E-state index in [9.17, 15) is 9.90 Å². The third-order valence-corrected chi connectivity index (χ3v) is 2.56. The van der Waals surface area contributed by atoms with Gasteiger partial charge in [-0.2, -0.15) is 4.98 Å². The summed E-state index contributed by atoms with van der Waals surface area (Å²) in [5.74, 6) is 0.342. The molecule has 0 aliphatic heterocycles. The molecule has 0 aromatic carbocycles. The van der Waals surface area contributed by atoms with Crippen molar-refractivity contribution < 1.29 is 5.11 Å². The Morgan fingerprint density at radius 1 is 1.50 bits per heavy atom. The molecular formula is C9H13IN2O2. The van der Waals surface area contributed by atoms with Crippen molar-refractivity contribution in [2.75, 3.05) is 0 Å². The molecule has 0 unspecified atom stereocenters. The van der Waals surface area contributed by atoms with Crippen LogP contribution < -0.4 is 5.56 Å². The lowest BCUT2D eigenvalue weighted by molar-refractivity contribution is 0.390. The summed E-state index contributed by atoms with van der Waals surface area (Å²) in [6.45, 7) is 6.13. The van der Waals surface area contributed by atoms with Crippen LogP contribution in [-0.4, -0.2) is 15.1 Å². The van der Waals surface area contributed by atoms with Crippen LogP contribution in [0.2, 0.25) is 0 Å². The number of rotatable bonds is 1. The van der Waals surface area contributed by atoms with E-state index in [0.717, 1.165) is 0 Å². The Morgan fingerprint density at radius 2 is 2.07 bits per heavy atom. The Bertz CT molecular complexity index is 393. The molecule has 5 heteroatoms. The highest BCUT2D eigenvalue weighted by atomic mass is 127. The number of aromatic nitrogens is 2. The summed E-state index contributed by atoms with van der Waals surface area (Å²) in [6, 6.07) is 0. The number of hydrogen-bond acceptors (Lipinski definition) is 3. The van der Waals surface area contributed by atoms with E-state index < -0.39 is 0 Å². The first-order valence-corrected chi connectivity index (χ1v) is 5.35. The van der Waals surface area contributed by atoms with Crippen molar-refractivity contribution in [2.24, 2.45) is 5.41 Å². The average Bonchev–Trinajstić information content (AvgIpc) is 1.96. The lowest BCUT2D eigenvalue weighted by atomic mass is 9.92. The molecule has 1 rings (SSSR count).